The monoisotopic (exact) mass is 240 g/mol. The van der Waals surface area contributed by atoms with E-state index in [4.69, 9.17) is 11.3 Å². The van der Waals surface area contributed by atoms with E-state index in [0.717, 1.165) is 10.8 Å². The van der Waals surface area contributed by atoms with Crippen molar-refractivity contribution in [2.45, 2.75) is 6.92 Å². The number of benzene rings is 2. The van der Waals surface area contributed by atoms with Gasteiger partial charge < -0.3 is 10.1 Å². The molecule has 0 radical (unpaired) electrons. The van der Waals surface area contributed by atoms with Gasteiger partial charge in [-0.1, -0.05) is 12.1 Å². The Kier molecular flexibility index (Phi) is 3.16. The second-order valence-corrected chi connectivity index (χ2v) is 3.88. The topological polar surface area (TPSA) is 42.7 Å². The maximum Gasteiger partial charge on any atom is 0.221 e. The number of carbonyl (C=O) groups excluding carboxylic acids is 1. The molecular weight excluding hydrogens is 228 g/mol. The first-order valence-electron chi connectivity index (χ1n) is 5.41. The van der Waals surface area contributed by atoms with Crippen molar-refractivity contribution in [1.82, 2.24) is 0 Å². The Labute approximate surface area is 105 Å². The first-order valence-corrected chi connectivity index (χ1v) is 5.41. The molecule has 0 aliphatic heterocycles. The summed E-state index contributed by atoms with van der Waals surface area (Å²) in [6.07, 6.45) is 0. The minimum atomic E-state index is -0.158. The molecule has 2 aromatic rings. The summed E-state index contributed by atoms with van der Waals surface area (Å²) in [6.45, 7) is 8.44. The Bertz CT molecular complexity index is 657. The summed E-state index contributed by atoms with van der Waals surface area (Å²) in [7, 11) is 1.56. The van der Waals surface area contributed by atoms with Gasteiger partial charge in [-0.3, -0.25) is 4.79 Å². The van der Waals surface area contributed by atoms with Crippen LogP contribution in [0.3, 0.4) is 0 Å². The highest BCUT2D eigenvalue weighted by Gasteiger charge is 2.07. The van der Waals surface area contributed by atoms with Crippen LogP contribution in [-0.4, -0.2) is 13.0 Å². The average Bonchev–Trinajstić information content (AvgIpc) is 2.36. The third kappa shape index (κ3) is 2.25. The van der Waals surface area contributed by atoms with Gasteiger partial charge >= 0.3 is 0 Å². The fourth-order valence-corrected chi connectivity index (χ4v) is 1.79. The number of nitrogens with one attached hydrogen (secondary N) is 1. The van der Waals surface area contributed by atoms with Gasteiger partial charge in [-0.15, -0.1) is 0 Å². The van der Waals surface area contributed by atoms with Gasteiger partial charge in [0.05, 0.1) is 19.4 Å². The summed E-state index contributed by atoms with van der Waals surface area (Å²) in [5.74, 6) is 0.447. The summed E-state index contributed by atoms with van der Waals surface area (Å²) in [5.41, 5.74) is 1.18. The average molecular weight is 240 g/mol. The van der Waals surface area contributed by atoms with Crippen molar-refractivity contribution in [3.63, 3.8) is 0 Å². The van der Waals surface area contributed by atoms with Crippen molar-refractivity contribution < 1.29 is 9.53 Å². The SMILES string of the molecule is [C-]#[N+]c1ccc2cc(OC)c(NC(C)=O)cc2c1. The fourth-order valence-electron chi connectivity index (χ4n) is 1.79. The summed E-state index contributed by atoms with van der Waals surface area (Å²) < 4.78 is 5.24. The number of methoxy groups -OCH3 is 1. The van der Waals surface area contributed by atoms with Gasteiger partial charge in [0.2, 0.25) is 5.91 Å². The first-order chi connectivity index (χ1) is 8.63. The van der Waals surface area contributed by atoms with E-state index in [2.05, 4.69) is 10.2 Å². The van der Waals surface area contributed by atoms with Crippen LogP contribution in [-0.2, 0) is 4.79 Å². The van der Waals surface area contributed by atoms with Crippen LogP contribution in [0.15, 0.2) is 30.3 Å². The maximum atomic E-state index is 11.1. The Morgan fingerprint density at radius 1 is 1.28 bits per heavy atom. The number of fused-ring (bicyclic) bond motifs is 1. The molecule has 18 heavy (non-hydrogen) atoms. The molecule has 0 aliphatic carbocycles. The number of amides is 1. The lowest BCUT2D eigenvalue weighted by Gasteiger charge is -2.10. The van der Waals surface area contributed by atoms with Gasteiger partial charge in [0, 0.05) is 6.92 Å². The zero-order valence-electron chi connectivity index (χ0n) is 10.2. The van der Waals surface area contributed by atoms with Gasteiger partial charge in [0.25, 0.3) is 0 Å². The molecule has 90 valence electrons. The summed E-state index contributed by atoms with van der Waals surface area (Å²) in [6, 6.07) is 9.06. The zero-order chi connectivity index (χ0) is 13.1. The van der Waals surface area contributed by atoms with E-state index >= 15 is 0 Å². The highest BCUT2D eigenvalue weighted by Crippen LogP contribution is 2.32. The minimum Gasteiger partial charge on any atom is -0.495 e. The number of rotatable bonds is 2. The first kappa shape index (κ1) is 11.9. The maximum absolute atomic E-state index is 11.1. The summed E-state index contributed by atoms with van der Waals surface area (Å²) in [5, 5.41) is 4.57. The standard InChI is InChI=1S/C14H12N2O2/c1-9(17)16-13-7-11-6-12(15-2)5-4-10(11)8-14(13)18-3/h4-8H,1,3H3,(H,16,17). The van der Waals surface area contributed by atoms with E-state index in [-0.39, 0.29) is 5.91 Å². The van der Waals surface area contributed by atoms with Crippen LogP contribution in [0.25, 0.3) is 15.6 Å². The minimum absolute atomic E-state index is 0.158. The lowest BCUT2D eigenvalue weighted by Crippen LogP contribution is -2.07. The van der Waals surface area contributed by atoms with E-state index in [9.17, 15) is 4.79 Å². The largest absolute Gasteiger partial charge is 0.495 e. The van der Waals surface area contributed by atoms with Crippen molar-refractivity contribution in [3.05, 3.63) is 41.7 Å². The second kappa shape index (κ2) is 4.76. The van der Waals surface area contributed by atoms with Crippen molar-refractivity contribution in [2.24, 2.45) is 0 Å². The molecule has 2 rings (SSSR count). The Hall–Kier alpha value is -2.54. The van der Waals surface area contributed by atoms with Gasteiger partial charge in [-0.05, 0) is 29.0 Å². The molecule has 0 heterocycles. The Morgan fingerprint density at radius 2 is 2.06 bits per heavy atom. The Balaban J connectivity index is 2.62. The molecule has 1 amide bonds. The van der Waals surface area contributed by atoms with Crippen LogP contribution >= 0.6 is 0 Å². The van der Waals surface area contributed by atoms with Gasteiger partial charge in [0.1, 0.15) is 5.75 Å². The van der Waals surface area contributed by atoms with Crippen LogP contribution in [0.4, 0.5) is 11.4 Å². The molecule has 2 aromatic carbocycles. The zero-order valence-corrected chi connectivity index (χ0v) is 10.2. The van der Waals surface area contributed by atoms with Crippen LogP contribution in [0.5, 0.6) is 5.75 Å². The molecule has 4 nitrogen and oxygen atoms in total. The quantitative estimate of drug-likeness (QED) is 0.818. The Morgan fingerprint density at radius 3 is 2.67 bits per heavy atom. The lowest BCUT2D eigenvalue weighted by atomic mass is 10.1. The molecule has 1 N–H and O–H groups in total. The van der Waals surface area contributed by atoms with Crippen LogP contribution in [0.1, 0.15) is 6.92 Å². The van der Waals surface area contributed by atoms with Crippen LogP contribution < -0.4 is 10.1 Å². The highest BCUT2D eigenvalue weighted by atomic mass is 16.5. The number of hydrogen-bond acceptors (Lipinski definition) is 2. The number of carbonyl (C=O) groups is 1. The fraction of sp³-hybridized carbons (Fsp3) is 0.143. The molecule has 0 atom stereocenters. The molecule has 0 fully saturated rings. The van der Waals surface area contributed by atoms with E-state index < -0.39 is 0 Å². The van der Waals surface area contributed by atoms with Crippen molar-refractivity contribution in [2.75, 3.05) is 12.4 Å². The highest BCUT2D eigenvalue weighted by molar-refractivity contribution is 5.97. The number of ether oxygens (including phenoxy) is 1. The summed E-state index contributed by atoms with van der Waals surface area (Å²) in [4.78, 5) is 14.5. The summed E-state index contributed by atoms with van der Waals surface area (Å²) >= 11 is 0. The molecule has 0 aromatic heterocycles. The van der Waals surface area contributed by atoms with Gasteiger partial charge in [0.15, 0.2) is 5.69 Å². The molecule has 0 saturated heterocycles. The second-order valence-electron chi connectivity index (χ2n) is 3.88. The van der Waals surface area contributed by atoms with Gasteiger partial charge in [-0.25, -0.2) is 4.85 Å². The molecule has 0 saturated carbocycles. The van der Waals surface area contributed by atoms with Crippen molar-refractivity contribution in [1.29, 1.82) is 0 Å². The third-order valence-electron chi connectivity index (χ3n) is 2.58. The lowest BCUT2D eigenvalue weighted by molar-refractivity contribution is -0.114. The van der Waals surface area contributed by atoms with E-state index in [1.807, 2.05) is 18.2 Å². The normalized spacial score (nSPS) is 9.83. The predicted molar refractivity (Wildman–Crippen MR) is 71.1 cm³/mol. The van der Waals surface area contributed by atoms with Crippen LogP contribution in [0, 0.1) is 6.57 Å². The molecule has 0 spiro atoms. The number of nitrogens with zero attached hydrogens (tertiary/aromatic N) is 1. The molecule has 0 aliphatic rings. The molecule has 4 heteroatoms. The molecule has 0 unspecified atom stereocenters. The number of anilines is 1. The van der Waals surface area contributed by atoms with Crippen LogP contribution in [0.2, 0.25) is 0 Å². The molecule has 0 bridgehead atoms. The van der Waals surface area contributed by atoms with Crippen molar-refractivity contribution in [3.8, 4) is 5.75 Å². The van der Waals surface area contributed by atoms with E-state index in [1.165, 1.54) is 6.92 Å². The van der Waals surface area contributed by atoms with E-state index in [0.29, 0.717) is 17.1 Å². The predicted octanol–water partition coefficient (Wildman–Crippen LogP) is 3.36. The smallest absolute Gasteiger partial charge is 0.221 e. The third-order valence-corrected chi connectivity index (χ3v) is 2.58. The molecular formula is C14H12N2O2. The van der Waals surface area contributed by atoms with E-state index in [1.54, 1.807) is 19.2 Å². The van der Waals surface area contributed by atoms with Gasteiger partial charge in [-0.2, -0.15) is 0 Å². The number of hydrogen-bond donors (Lipinski definition) is 1. The van der Waals surface area contributed by atoms with Crippen molar-refractivity contribution >= 4 is 28.1 Å².